The second kappa shape index (κ2) is 6.13. The van der Waals surface area contributed by atoms with Crippen LogP contribution in [0.5, 0.6) is 5.75 Å². The molecule has 1 atom stereocenters. The molecule has 1 amide bonds. The molecule has 7 heteroatoms. The SMILES string of the molecule is NC(=S)C(NC(=O)c1ccc(OC(F)F)cc1)C1CC1. The smallest absolute Gasteiger partial charge is 0.387 e. The molecule has 4 nitrogen and oxygen atoms in total. The molecule has 1 aromatic rings. The summed E-state index contributed by atoms with van der Waals surface area (Å²) in [6.07, 6.45) is 1.98. The number of thiocarbonyl (C=S) groups is 1. The van der Waals surface area contributed by atoms with E-state index in [1.165, 1.54) is 24.3 Å². The zero-order valence-corrected chi connectivity index (χ0v) is 11.3. The minimum atomic E-state index is -2.89. The number of hydrogen-bond acceptors (Lipinski definition) is 3. The normalized spacial score (nSPS) is 15.8. The Morgan fingerprint density at radius 2 is 1.95 bits per heavy atom. The van der Waals surface area contributed by atoms with Gasteiger partial charge in [0, 0.05) is 5.56 Å². The number of halogens is 2. The topological polar surface area (TPSA) is 64.3 Å². The Labute approximate surface area is 120 Å². The number of rotatable bonds is 6. The van der Waals surface area contributed by atoms with Crippen LogP contribution in [0.25, 0.3) is 0 Å². The van der Waals surface area contributed by atoms with Gasteiger partial charge in [-0.2, -0.15) is 8.78 Å². The molecule has 0 radical (unpaired) electrons. The Kier molecular flexibility index (Phi) is 4.49. The number of amides is 1. The van der Waals surface area contributed by atoms with Crippen LogP contribution in [0.15, 0.2) is 24.3 Å². The summed E-state index contributed by atoms with van der Waals surface area (Å²) in [4.78, 5) is 12.3. The third-order valence-electron chi connectivity index (χ3n) is 3.03. The summed E-state index contributed by atoms with van der Waals surface area (Å²) in [5.74, 6) is -0.0270. The molecular weight excluding hydrogens is 286 g/mol. The summed E-state index contributed by atoms with van der Waals surface area (Å²) in [6, 6.07) is 5.14. The molecule has 0 saturated heterocycles. The fraction of sp³-hybridized carbons (Fsp3) is 0.385. The fourth-order valence-electron chi connectivity index (χ4n) is 1.86. The van der Waals surface area contributed by atoms with Crippen molar-refractivity contribution in [3.8, 4) is 5.75 Å². The van der Waals surface area contributed by atoms with Crippen LogP contribution in [0.1, 0.15) is 23.2 Å². The lowest BCUT2D eigenvalue weighted by Gasteiger charge is -2.16. The van der Waals surface area contributed by atoms with E-state index >= 15 is 0 Å². The average Bonchev–Trinajstić information content (AvgIpc) is 3.19. The van der Waals surface area contributed by atoms with Gasteiger partial charge in [-0.05, 0) is 43.0 Å². The van der Waals surface area contributed by atoms with Crippen molar-refractivity contribution in [1.29, 1.82) is 0 Å². The maximum Gasteiger partial charge on any atom is 0.387 e. The van der Waals surface area contributed by atoms with Crippen molar-refractivity contribution >= 4 is 23.1 Å². The molecule has 1 aliphatic carbocycles. The third kappa shape index (κ3) is 3.86. The highest BCUT2D eigenvalue weighted by Gasteiger charge is 2.34. The van der Waals surface area contributed by atoms with Gasteiger partial charge in [0.15, 0.2) is 0 Å². The van der Waals surface area contributed by atoms with Gasteiger partial charge in [-0.15, -0.1) is 0 Å². The fourth-order valence-corrected chi connectivity index (χ4v) is 2.11. The largest absolute Gasteiger partial charge is 0.435 e. The number of carbonyl (C=O) groups is 1. The van der Waals surface area contributed by atoms with Gasteiger partial charge in [-0.3, -0.25) is 4.79 Å². The zero-order chi connectivity index (χ0) is 14.7. The van der Waals surface area contributed by atoms with Crippen LogP contribution in [0.2, 0.25) is 0 Å². The van der Waals surface area contributed by atoms with Crippen LogP contribution in [0, 0.1) is 5.92 Å². The van der Waals surface area contributed by atoms with Crippen LogP contribution in [0.3, 0.4) is 0 Å². The number of alkyl halides is 2. The van der Waals surface area contributed by atoms with E-state index in [2.05, 4.69) is 10.1 Å². The van der Waals surface area contributed by atoms with Crippen molar-refractivity contribution < 1.29 is 18.3 Å². The summed E-state index contributed by atoms with van der Waals surface area (Å²) < 4.78 is 28.2. The summed E-state index contributed by atoms with van der Waals surface area (Å²) in [5.41, 5.74) is 5.94. The van der Waals surface area contributed by atoms with Crippen LogP contribution < -0.4 is 15.8 Å². The zero-order valence-electron chi connectivity index (χ0n) is 10.5. The molecule has 1 aromatic carbocycles. The third-order valence-corrected chi connectivity index (χ3v) is 3.28. The van der Waals surface area contributed by atoms with Gasteiger partial charge in [0.25, 0.3) is 5.91 Å². The van der Waals surface area contributed by atoms with Gasteiger partial charge in [0.05, 0.1) is 11.0 Å². The molecule has 1 aliphatic rings. The van der Waals surface area contributed by atoms with E-state index in [9.17, 15) is 13.6 Å². The molecule has 20 heavy (non-hydrogen) atoms. The lowest BCUT2D eigenvalue weighted by Crippen LogP contribution is -2.45. The van der Waals surface area contributed by atoms with Crippen molar-refractivity contribution in [2.45, 2.75) is 25.5 Å². The minimum Gasteiger partial charge on any atom is -0.435 e. The summed E-state index contributed by atoms with van der Waals surface area (Å²) in [6.45, 7) is -2.89. The molecule has 0 aliphatic heterocycles. The quantitative estimate of drug-likeness (QED) is 0.790. The Bertz CT molecular complexity index is 504. The molecule has 3 N–H and O–H groups in total. The van der Waals surface area contributed by atoms with Crippen LogP contribution in [-0.2, 0) is 0 Å². The predicted octanol–water partition coefficient (Wildman–Crippen LogP) is 2.08. The Morgan fingerprint density at radius 3 is 2.40 bits per heavy atom. The first kappa shape index (κ1) is 14.6. The molecular formula is C13H14F2N2O2S. The summed E-state index contributed by atoms with van der Waals surface area (Å²) in [5, 5.41) is 2.76. The molecule has 0 bridgehead atoms. The van der Waals surface area contributed by atoms with Crippen molar-refractivity contribution in [2.24, 2.45) is 11.7 Å². The predicted molar refractivity (Wildman–Crippen MR) is 73.8 cm³/mol. The summed E-state index contributed by atoms with van der Waals surface area (Å²) in [7, 11) is 0. The van der Waals surface area contributed by atoms with Gasteiger partial charge < -0.3 is 15.8 Å². The minimum absolute atomic E-state index is 0.00430. The average molecular weight is 300 g/mol. The molecule has 0 heterocycles. The standard InChI is InChI=1S/C13H14F2N2O2S/c14-13(15)19-9-5-3-8(4-6-9)12(18)17-10(11(16)20)7-1-2-7/h3-7,10,13H,1-2H2,(H2,16,20)(H,17,18). The first-order valence-corrected chi connectivity index (χ1v) is 6.53. The highest BCUT2D eigenvalue weighted by Crippen LogP contribution is 2.33. The molecule has 0 aromatic heterocycles. The lowest BCUT2D eigenvalue weighted by atomic mass is 10.1. The number of carbonyl (C=O) groups excluding carboxylic acids is 1. The second-order valence-corrected chi connectivity index (χ2v) is 5.07. The molecule has 1 fully saturated rings. The first-order chi connectivity index (χ1) is 9.47. The number of hydrogen-bond donors (Lipinski definition) is 2. The molecule has 108 valence electrons. The highest BCUT2D eigenvalue weighted by molar-refractivity contribution is 7.80. The number of ether oxygens (including phenoxy) is 1. The van der Waals surface area contributed by atoms with E-state index in [0.717, 1.165) is 12.8 Å². The lowest BCUT2D eigenvalue weighted by molar-refractivity contribution is -0.0498. The van der Waals surface area contributed by atoms with E-state index in [1.807, 2.05) is 0 Å². The monoisotopic (exact) mass is 300 g/mol. The maximum absolute atomic E-state index is 12.0. The summed E-state index contributed by atoms with van der Waals surface area (Å²) >= 11 is 4.93. The Balaban J connectivity index is 1.99. The van der Waals surface area contributed by atoms with Crippen molar-refractivity contribution in [3.05, 3.63) is 29.8 Å². The second-order valence-electron chi connectivity index (χ2n) is 4.59. The molecule has 1 unspecified atom stereocenters. The van der Waals surface area contributed by atoms with Gasteiger partial charge in [-0.1, -0.05) is 12.2 Å². The van der Waals surface area contributed by atoms with E-state index in [-0.39, 0.29) is 22.7 Å². The van der Waals surface area contributed by atoms with Gasteiger partial charge in [0.2, 0.25) is 0 Å². The van der Waals surface area contributed by atoms with Crippen LogP contribution in [0.4, 0.5) is 8.78 Å². The number of nitrogens with one attached hydrogen (secondary N) is 1. The van der Waals surface area contributed by atoms with Crippen LogP contribution >= 0.6 is 12.2 Å². The van der Waals surface area contributed by atoms with Crippen molar-refractivity contribution in [3.63, 3.8) is 0 Å². The van der Waals surface area contributed by atoms with E-state index < -0.39 is 6.61 Å². The number of benzene rings is 1. The van der Waals surface area contributed by atoms with E-state index in [1.54, 1.807) is 0 Å². The van der Waals surface area contributed by atoms with Gasteiger partial charge in [-0.25, -0.2) is 0 Å². The maximum atomic E-state index is 12.0. The highest BCUT2D eigenvalue weighted by atomic mass is 32.1. The van der Waals surface area contributed by atoms with Crippen LogP contribution in [-0.4, -0.2) is 23.5 Å². The van der Waals surface area contributed by atoms with Gasteiger partial charge >= 0.3 is 6.61 Å². The molecule has 1 saturated carbocycles. The Morgan fingerprint density at radius 1 is 1.35 bits per heavy atom. The first-order valence-electron chi connectivity index (χ1n) is 6.12. The number of nitrogens with two attached hydrogens (primary N) is 1. The Hall–Kier alpha value is -1.76. The van der Waals surface area contributed by atoms with E-state index in [4.69, 9.17) is 18.0 Å². The van der Waals surface area contributed by atoms with E-state index in [0.29, 0.717) is 11.5 Å². The molecule has 2 rings (SSSR count). The molecule has 0 spiro atoms. The van der Waals surface area contributed by atoms with Gasteiger partial charge in [0.1, 0.15) is 5.75 Å². The van der Waals surface area contributed by atoms with Crippen molar-refractivity contribution in [2.75, 3.05) is 0 Å². The van der Waals surface area contributed by atoms with Crippen molar-refractivity contribution in [1.82, 2.24) is 5.32 Å².